The molecule has 0 N–H and O–H groups in total. The van der Waals surface area contributed by atoms with Crippen LogP contribution in [0.25, 0.3) is 0 Å². The molecule has 0 bridgehead atoms. The Bertz CT molecular complexity index is 32.7. The molecule has 0 saturated heterocycles. The summed E-state index contributed by atoms with van der Waals surface area (Å²) in [6.07, 6.45) is 2.00. The van der Waals surface area contributed by atoms with Crippen LogP contribution in [0.2, 0.25) is 0 Å². The van der Waals surface area contributed by atoms with E-state index in [1.54, 1.807) is 0 Å². The van der Waals surface area contributed by atoms with Gasteiger partial charge in [0.15, 0.2) is 0 Å². The second-order valence-corrected chi connectivity index (χ2v) is 1.97. The maximum absolute atomic E-state index is 3.64. The van der Waals surface area contributed by atoms with Crippen LogP contribution < -0.4 is 0 Å². The first kappa shape index (κ1) is 159. The fourth-order valence-electron chi connectivity index (χ4n) is 0. The monoisotopic (exact) mass is 879 g/mol. The fraction of sp³-hybridized carbons (Fsp3) is 0.625. The molecule has 15 heteroatoms. The normalized spacial score (nSPS) is 2.35. The number of hydrogen-bond donors (Lipinski definition) is 0. The maximum atomic E-state index is 3.64. The molecule has 0 aliphatic rings. The van der Waals surface area contributed by atoms with Crippen molar-refractivity contribution in [1.82, 2.24) is 0 Å². The van der Waals surface area contributed by atoms with Crippen molar-refractivity contribution in [3.8, 4) is 0 Å². The van der Waals surface area contributed by atoms with Gasteiger partial charge in [-0.05, 0) is 0 Å². The minimum atomic E-state index is 0. The second-order valence-electron chi connectivity index (χ2n) is 1.97. The second kappa shape index (κ2) is 167. The molecule has 15 radical (unpaired) electrons. The molecule has 0 heterocycles. The van der Waals surface area contributed by atoms with Crippen LogP contribution in [0.3, 0.4) is 0 Å². The van der Waals surface area contributed by atoms with Crippen molar-refractivity contribution in [2.75, 3.05) is 0 Å². The van der Waals surface area contributed by atoms with Crippen molar-refractivity contribution >= 4 is 0 Å². The summed E-state index contributed by atoms with van der Waals surface area (Å²) in [5.74, 6) is 0.583. The predicted octanol–water partition coefficient (Wildman–Crippen LogP) is 3.12. The van der Waals surface area contributed by atoms with Gasteiger partial charge in [-0.2, -0.15) is 19.8 Å². The summed E-state index contributed by atoms with van der Waals surface area (Å²) in [5, 5.41) is 0. The number of hydrogen-bond acceptors (Lipinski definition) is 0. The minimum Gasteiger partial charge on any atom is -0.358 e. The van der Waals surface area contributed by atoms with E-state index in [4.69, 9.17) is 0 Å². The molecule has 0 saturated carbocycles. The third-order valence-corrected chi connectivity index (χ3v) is 0. The zero-order valence-corrected chi connectivity index (χ0v) is 34.5. The van der Waals surface area contributed by atoms with Crippen LogP contribution in [0.5, 0.6) is 0 Å². The van der Waals surface area contributed by atoms with E-state index < -0.39 is 0 Å². The molecule has 0 unspecified atom stereocenters. The molecule has 23 heavy (non-hydrogen) atoms. The molecule has 0 fully saturated rings. The smallest absolute Gasteiger partial charge is 0 e. The van der Waals surface area contributed by atoms with E-state index in [0.29, 0.717) is 5.92 Å². The molecule has 0 aromatic carbocycles. The van der Waals surface area contributed by atoms with Gasteiger partial charge >= 0.3 is 0 Å². The molecular formula is C8H19V15-3. The third-order valence-electron chi connectivity index (χ3n) is 0. The first-order valence-corrected chi connectivity index (χ1v) is 2.72. The molecule has 0 spiro atoms. The summed E-state index contributed by atoms with van der Waals surface area (Å²) < 4.78 is 0. The molecule has 0 amide bonds. The minimum absolute atomic E-state index is 0. The Labute approximate surface area is 325 Å². The van der Waals surface area contributed by atoms with E-state index in [1.807, 2.05) is 20.3 Å². The third kappa shape index (κ3) is 331. The summed E-state index contributed by atoms with van der Waals surface area (Å²) in [6.45, 7) is 11.8. The Balaban J connectivity index is -0.000000000806. The van der Waals surface area contributed by atoms with Gasteiger partial charge in [-0.1, -0.05) is 13.8 Å². The van der Waals surface area contributed by atoms with Gasteiger partial charge in [-0.15, -0.1) is 0 Å². The Morgan fingerprint density at radius 3 is 0.478 bits per heavy atom. The van der Waals surface area contributed by atoms with Gasteiger partial charge in [0.25, 0.3) is 0 Å². The van der Waals surface area contributed by atoms with Gasteiger partial charge in [-0.25, -0.2) is 0 Å². The fourth-order valence-corrected chi connectivity index (χ4v) is 0. The molecule has 0 atom stereocenters. The molecule has 0 aromatic rings. The summed E-state index contributed by atoms with van der Waals surface area (Å²) in [5.41, 5.74) is 0. The molecule has 0 rings (SSSR count). The summed E-state index contributed by atoms with van der Waals surface area (Å²) in [6, 6.07) is 0. The van der Waals surface area contributed by atoms with Crippen molar-refractivity contribution in [2.24, 2.45) is 5.92 Å². The van der Waals surface area contributed by atoms with Crippen molar-refractivity contribution in [3.05, 3.63) is 20.8 Å². The van der Waals surface area contributed by atoms with Crippen LogP contribution in [0.4, 0.5) is 0 Å². The first-order valence-electron chi connectivity index (χ1n) is 2.72. The van der Waals surface area contributed by atoms with E-state index in [-0.39, 0.29) is 286 Å². The summed E-state index contributed by atoms with van der Waals surface area (Å²) >= 11 is 0. The standard InChI is InChI=1S/C4H9.C3H7.CH3.15V/c1-4(2)3;1-3-2;;;;;;;;;;;;;;;;/h4H,1H2,2-3H3;3H,1-2H3;1H3;;;;;;;;;;;;;;;/q3*-1;;;;;;;;;;;;;;;. The molecular weight excluding hydrogens is 860 g/mol. The zero-order valence-electron chi connectivity index (χ0n) is 13.6. The number of rotatable bonds is 0. The van der Waals surface area contributed by atoms with Crippen LogP contribution >= 0.6 is 0 Å². The SMILES string of the molecule is C[CH-]C.[CH2-]C(C)C.[CH3-].[V].[V].[V].[V].[V].[V].[V].[V].[V].[V].[V].[V].[V].[V].[V]. The van der Waals surface area contributed by atoms with Crippen LogP contribution in [0, 0.1) is 26.7 Å². The van der Waals surface area contributed by atoms with E-state index in [9.17, 15) is 0 Å². The predicted molar refractivity (Wildman–Crippen MR) is 42.3 cm³/mol. The van der Waals surface area contributed by atoms with Crippen molar-refractivity contribution in [2.45, 2.75) is 27.7 Å². The van der Waals surface area contributed by atoms with Gasteiger partial charge in [0, 0.05) is 278 Å². The Hall–Kier alpha value is 8.77. The summed E-state index contributed by atoms with van der Waals surface area (Å²) in [4.78, 5) is 0. The average Bonchev–Trinajstić information content (AvgIpc) is 1.33. The van der Waals surface area contributed by atoms with Gasteiger partial charge < -0.3 is 20.8 Å². The van der Waals surface area contributed by atoms with Crippen LogP contribution in [-0.4, -0.2) is 0 Å². The van der Waals surface area contributed by atoms with Crippen LogP contribution in [-0.2, 0) is 278 Å². The van der Waals surface area contributed by atoms with Gasteiger partial charge in [0.05, 0.1) is 0 Å². The van der Waals surface area contributed by atoms with Crippen LogP contribution in [0.1, 0.15) is 27.7 Å². The van der Waals surface area contributed by atoms with Gasteiger partial charge in [-0.3, -0.25) is 0 Å². The quantitative estimate of drug-likeness (QED) is 0.329. The summed E-state index contributed by atoms with van der Waals surface area (Å²) in [7, 11) is 0. The zero-order chi connectivity index (χ0) is 6.28. The Morgan fingerprint density at radius 2 is 0.478 bits per heavy atom. The Kier molecular flexibility index (Phi) is 1150. The molecule has 0 aliphatic heterocycles. The van der Waals surface area contributed by atoms with E-state index >= 15 is 0 Å². The largest absolute Gasteiger partial charge is 0.358 e. The van der Waals surface area contributed by atoms with Gasteiger partial charge in [0.1, 0.15) is 0 Å². The molecule has 0 aliphatic carbocycles. The van der Waals surface area contributed by atoms with Crippen molar-refractivity contribution in [3.63, 3.8) is 0 Å². The molecule has 0 aromatic heterocycles. The molecule has 0 nitrogen and oxygen atoms in total. The first-order chi connectivity index (χ1) is 3.15. The molecule has 129 valence electrons. The van der Waals surface area contributed by atoms with Crippen LogP contribution in [0.15, 0.2) is 0 Å². The van der Waals surface area contributed by atoms with E-state index in [1.165, 1.54) is 0 Å². The van der Waals surface area contributed by atoms with E-state index in [0.717, 1.165) is 0 Å². The van der Waals surface area contributed by atoms with Gasteiger partial charge in [0.2, 0.25) is 0 Å². The Morgan fingerprint density at radius 1 is 0.478 bits per heavy atom. The van der Waals surface area contributed by atoms with Crippen molar-refractivity contribution in [1.29, 1.82) is 0 Å². The topological polar surface area (TPSA) is 0 Å². The average molecular weight is 879 g/mol. The maximum Gasteiger partial charge on any atom is 0 e. The van der Waals surface area contributed by atoms with E-state index in [2.05, 4.69) is 20.8 Å². The van der Waals surface area contributed by atoms with Crippen molar-refractivity contribution < 1.29 is 278 Å².